The third kappa shape index (κ3) is 5.99. The van der Waals surface area contributed by atoms with Crippen molar-refractivity contribution in [2.75, 3.05) is 17.6 Å². The van der Waals surface area contributed by atoms with Crippen LogP contribution in [0, 0.1) is 6.92 Å². The van der Waals surface area contributed by atoms with E-state index in [4.69, 9.17) is 4.98 Å². The van der Waals surface area contributed by atoms with Crippen LogP contribution in [0.15, 0.2) is 83.8 Å². The summed E-state index contributed by atoms with van der Waals surface area (Å²) >= 11 is 3.13. The quantitative estimate of drug-likeness (QED) is 0.221. The Morgan fingerprint density at radius 2 is 1.70 bits per heavy atom. The van der Waals surface area contributed by atoms with Gasteiger partial charge in [0, 0.05) is 30.1 Å². The van der Waals surface area contributed by atoms with Crippen LogP contribution >= 0.6 is 35.1 Å². The van der Waals surface area contributed by atoms with Gasteiger partial charge in [0.2, 0.25) is 5.91 Å². The first kappa shape index (κ1) is 28.4. The molecular formula is C30H28ClN3O3S3. The molecule has 0 saturated heterocycles. The summed E-state index contributed by atoms with van der Waals surface area (Å²) in [6.07, 6.45) is 0.835. The molecule has 0 radical (unpaired) electrons. The number of rotatable bonds is 7. The van der Waals surface area contributed by atoms with E-state index in [2.05, 4.69) is 34.5 Å². The number of nitrogens with one attached hydrogen (secondary N) is 1. The molecule has 1 aliphatic heterocycles. The van der Waals surface area contributed by atoms with Crippen LogP contribution in [0.3, 0.4) is 0 Å². The fraction of sp³-hybridized carbons (Fsp3) is 0.200. The molecule has 0 atom stereocenters. The summed E-state index contributed by atoms with van der Waals surface area (Å²) in [6.45, 7) is 4.41. The highest BCUT2D eigenvalue weighted by Gasteiger charge is 2.29. The van der Waals surface area contributed by atoms with Crippen molar-refractivity contribution in [3.05, 3.63) is 100 Å². The third-order valence-corrected chi connectivity index (χ3v) is 10.7. The fourth-order valence-corrected chi connectivity index (χ4v) is 8.44. The topological polar surface area (TPSA) is 79.4 Å². The molecule has 0 bridgehead atoms. The molecule has 2 aromatic heterocycles. The van der Waals surface area contributed by atoms with Crippen molar-refractivity contribution in [1.82, 2.24) is 9.88 Å². The summed E-state index contributed by atoms with van der Waals surface area (Å²) in [5, 5.41) is 4.48. The first-order chi connectivity index (χ1) is 18.9. The fourth-order valence-electron chi connectivity index (χ4n) is 4.89. The second kappa shape index (κ2) is 11.8. The van der Waals surface area contributed by atoms with E-state index < -0.39 is 21.5 Å². The molecule has 40 heavy (non-hydrogen) atoms. The maximum absolute atomic E-state index is 13.1. The number of hydrogen-bond acceptors (Lipinski definition) is 7. The van der Waals surface area contributed by atoms with Crippen LogP contribution in [-0.2, 0) is 34.1 Å². The summed E-state index contributed by atoms with van der Waals surface area (Å²) < 4.78 is 27.0. The van der Waals surface area contributed by atoms with Gasteiger partial charge in [0.25, 0.3) is 0 Å². The molecule has 0 unspecified atom stereocenters. The Labute approximate surface area is 248 Å². The summed E-state index contributed by atoms with van der Waals surface area (Å²) in [5.74, 6) is -1.16. The highest BCUT2D eigenvalue weighted by Crippen LogP contribution is 2.45. The number of amides is 1. The average molecular weight is 610 g/mol. The molecule has 0 spiro atoms. The molecule has 206 valence electrons. The summed E-state index contributed by atoms with van der Waals surface area (Å²) in [7, 11) is -3.77. The van der Waals surface area contributed by atoms with Crippen molar-refractivity contribution in [3.8, 4) is 10.6 Å². The maximum Gasteiger partial charge on any atom is 0.240 e. The first-order valence-corrected chi connectivity index (χ1v) is 16.0. The number of benzene rings is 3. The zero-order valence-electron chi connectivity index (χ0n) is 21.8. The number of aromatic nitrogens is 1. The van der Waals surface area contributed by atoms with Gasteiger partial charge in [0.1, 0.15) is 15.8 Å². The maximum atomic E-state index is 13.1. The Hall–Kier alpha value is -3.08. The lowest BCUT2D eigenvalue weighted by Gasteiger charge is -2.27. The molecule has 1 amide bonds. The van der Waals surface area contributed by atoms with E-state index in [0.717, 1.165) is 52.4 Å². The molecule has 0 aliphatic carbocycles. The van der Waals surface area contributed by atoms with Crippen LogP contribution in [0.1, 0.15) is 21.6 Å². The van der Waals surface area contributed by atoms with Crippen molar-refractivity contribution in [3.63, 3.8) is 0 Å². The number of thiophene rings is 1. The number of para-hydroxylation sites is 1. The number of carbonyl (C=O) groups excluding carboxylic acids is 1. The van der Waals surface area contributed by atoms with E-state index in [-0.39, 0.29) is 17.3 Å². The van der Waals surface area contributed by atoms with Gasteiger partial charge >= 0.3 is 0 Å². The monoisotopic (exact) mass is 609 g/mol. The van der Waals surface area contributed by atoms with E-state index >= 15 is 0 Å². The van der Waals surface area contributed by atoms with Crippen LogP contribution in [0.5, 0.6) is 0 Å². The minimum atomic E-state index is -3.77. The van der Waals surface area contributed by atoms with Crippen LogP contribution in [-0.4, -0.2) is 36.5 Å². The van der Waals surface area contributed by atoms with E-state index in [1.165, 1.54) is 27.3 Å². The van der Waals surface area contributed by atoms with Gasteiger partial charge in [-0.2, -0.15) is 0 Å². The molecule has 6 nitrogen and oxygen atoms in total. The average Bonchev–Trinajstić information content (AvgIpc) is 3.49. The van der Waals surface area contributed by atoms with E-state index in [1.54, 1.807) is 35.6 Å². The van der Waals surface area contributed by atoms with E-state index in [9.17, 15) is 13.2 Å². The van der Waals surface area contributed by atoms with Crippen molar-refractivity contribution in [1.29, 1.82) is 0 Å². The van der Waals surface area contributed by atoms with Gasteiger partial charge in [0.05, 0.1) is 15.1 Å². The summed E-state index contributed by atoms with van der Waals surface area (Å²) in [4.78, 5) is 21.8. The van der Waals surface area contributed by atoms with Gasteiger partial charge in [0.15, 0.2) is 9.84 Å². The predicted molar refractivity (Wildman–Crippen MR) is 166 cm³/mol. The second-order valence-electron chi connectivity index (χ2n) is 9.76. The lowest BCUT2D eigenvalue weighted by atomic mass is 10.0. The smallest absolute Gasteiger partial charge is 0.240 e. The zero-order valence-corrected chi connectivity index (χ0v) is 25.1. The number of nitrogens with zero attached hydrogens (tertiary/aromatic N) is 2. The molecule has 1 aliphatic rings. The van der Waals surface area contributed by atoms with Crippen LogP contribution in [0.2, 0.25) is 0 Å². The van der Waals surface area contributed by atoms with Crippen LogP contribution in [0.25, 0.3) is 20.8 Å². The van der Waals surface area contributed by atoms with Gasteiger partial charge in [-0.15, -0.1) is 35.1 Å². The highest BCUT2D eigenvalue weighted by atomic mass is 35.5. The van der Waals surface area contributed by atoms with E-state index in [1.807, 2.05) is 37.3 Å². The molecule has 0 fully saturated rings. The lowest BCUT2D eigenvalue weighted by molar-refractivity contribution is -0.113. The van der Waals surface area contributed by atoms with Crippen LogP contribution < -0.4 is 5.32 Å². The number of fused-ring (bicyclic) bond motifs is 2. The SMILES string of the molecule is Cc1ccc(S(=O)(=O)CC(=O)Nc2sc3c(c2-c2nc4ccccc4s2)CCN(Cc2ccccc2)C3)cc1.Cl. The molecule has 6 rings (SSSR count). The lowest BCUT2D eigenvalue weighted by Crippen LogP contribution is -2.29. The standard InChI is InChI=1S/C30H27N3O3S3.ClH/c1-20-11-13-22(14-12-20)39(35,36)19-27(34)32-30-28(29-31-24-9-5-6-10-25(24)37-29)23-15-16-33(18-26(23)38-30)17-21-7-3-2-4-8-21;/h2-14H,15-19H2,1H3,(H,32,34);1H. The number of sulfone groups is 1. The van der Waals surface area contributed by atoms with Gasteiger partial charge in [-0.05, 0) is 48.7 Å². The van der Waals surface area contributed by atoms with Gasteiger partial charge < -0.3 is 5.32 Å². The third-order valence-electron chi connectivity index (χ3n) is 6.85. The summed E-state index contributed by atoms with van der Waals surface area (Å²) in [6, 6.07) is 25.0. The van der Waals surface area contributed by atoms with Crippen molar-refractivity contribution in [2.45, 2.75) is 31.3 Å². The molecule has 1 N–H and O–H groups in total. The number of carbonyl (C=O) groups is 1. The molecule has 3 aromatic carbocycles. The highest BCUT2D eigenvalue weighted by molar-refractivity contribution is 7.92. The van der Waals surface area contributed by atoms with Gasteiger partial charge in [-0.1, -0.05) is 60.2 Å². The molecule has 3 heterocycles. The van der Waals surface area contributed by atoms with Gasteiger partial charge in [-0.3, -0.25) is 9.69 Å². The first-order valence-electron chi connectivity index (χ1n) is 12.7. The van der Waals surface area contributed by atoms with E-state index in [0.29, 0.717) is 5.00 Å². The Morgan fingerprint density at radius 1 is 0.975 bits per heavy atom. The zero-order chi connectivity index (χ0) is 27.0. The Bertz CT molecular complexity index is 1730. The van der Waals surface area contributed by atoms with Crippen molar-refractivity contribution in [2.24, 2.45) is 0 Å². The van der Waals surface area contributed by atoms with Crippen LogP contribution in [0.4, 0.5) is 5.00 Å². The number of anilines is 1. The Kier molecular flexibility index (Phi) is 8.39. The molecule has 10 heteroatoms. The molecule has 5 aromatic rings. The number of aryl methyl sites for hydroxylation is 1. The Morgan fingerprint density at radius 3 is 2.45 bits per heavy atom. The molecule has 0 saturated carbocycles. The Balaban J connectivity index is 0.00000323. The second-order valence-corrected chi connectivity index (χ2v) is 13.9. The minimum absolute atomic E-state index is 0. The van der Waals surface area contributed by atoms with Crippen molar-refractivity contribution < 1.29 is 13.2 Å². The normalized spacial score (nSPS) is 13.5. The minimum Gasteiger partial charge on any atom is -0.316 e. The summed E-state index contributed by atoms with van der Waals surface area (Å²) in [5.41, 5.74) is 5.26. The van der Waals surface area contributed by atoms with Gasteiger partial charge in [-0.25, -0.2) is 13.4 Å². The van der Waals surface area contributed by atoms with Crippen molar-refractivity contribution >= 4 is 66.0 Å². The number of halogens is 1. The number of thiazole rings is 1. The molecular weight excluding hydrogens is 582 g/mol. The largest absolute Gasteiger partial charge is 0.316 e. The predicted octanol–water partition coefficient (Wildman–Crippen LogP) is 6.73. The number of hydrogen-bond donors (Lipinski definition) is 1.